The monoisotopic (exact) mass is 447 g/mol. The Balaban J connectivity index is 1.41. The van der Waals surface area contributed by atoms with Gasteiger partial charge in [0.05, 0.1) is 4.92 Å². The lowest BCUT2D eigenvalue weighted by atomic mass is 9.98. The summed E-state index contributed by atoms with van der Waals surface area (Å²) >= 11 is 0. The third-order valence-corrected chi connectivity index (χ3v) is 6.18. The van der Waals surface area contributed by atoms with Crippen molar-refractivity contribution in [1.82, 2.24) is 20.0 Å². The van der Waals surface area contributed by atoms with Crippen molar-refractivity contribution in [2.75, 3.05) is 13.1 Å². The maximum atomic E-state index is 12.5. The van der Waals surface area contributed by atoms with Crippen LogP contribution >= 0.6 is 0 Å². The van der Waals surface area contributed by atoms with E-state index in [2.05, 4.69) is 45.6 Å². The van der Waals surface area contributed by atoms with Gasteiger partial charge in [0.2, 0.25) is 5.91 Å². The Morgan fingerprint density at radius 2 is 1.79 bits per heavy atom. The maximum Gasteiger partial charge on any atom is 0.312 e. The number of hydrogen-bond acceptors (Lipinski definition) is 5. The predicted octanol–water partition coefficient (Wildman–Crippen LogP) is 3.99. The van der Waals surface area contributed by atoms with Crippen LogP contribution in [0.2, 0.25) is 0 Å². The summed E-state index contributed by atoms with van der Waals surface area (Å²) in [5.74, 6) is -0.244. The largest absolute Gasteiger partial charge is 0.350 e. The van der Waals surface area contributed by atoms with Gasteiger partial charge < -0.3 is 5.32 Å². The Labute approximate surface area is 193 Å². The minimum absolute atomic E-state index is 0.0404. The summed E-state index contributed by atoms with van der Waals surface area (Å²) in [6.45, 7) is 6.83. The number of aryl methyl sites for hydroxylation is 1. The predicted molar refractivity (Wildman–Crippen MR) is 127 cm³/mol. The summed E-state index contributed by atoms with van der Waals surface area (Å²) in [5.41, 5.74) is 5.15. The van der Waals surface area contributed by atoms with Gasteiger partial charge >= 0.3 is 5.69 Å². The van der Waals surface area contributed by atoms with Crippen LogP contribution in [-0.2, 0) is 24.4 Å². The number of nitrogens with one attached hydrogen (secondary N) is 1. The van der Waals surface area contributed by atoms with Crippen molar-refractivity contribution >= 4 is 11.6 Å². The molecule has 3 aromatic rings. The SMILES string of the molecule is Cc1nn(CC(=O)NCc2ccccc2-c2ccc(CN3CCCC3)cc2)c(C)c1[N+](=O)[O-]. The van der Waals surface area contributed by atoms with Crippen molar-refractivity contribution in [2.45, 2.75) is 46.3 Å². The molecule has 4 rings (SSSR count). The van der Waals surface area contributed by atoms with Crippen LogP contribution < -0.4 is 5.32 Å². The molecule has 1 aromatic heterocycles. The average molecular weight is 448 g/mol. The molecule has 0 radical (unpaired) electrons. The lowest BCUT2D eigenvalue weighted by Crippen LogP contribution is -2.28. The van der Waals surface area contributed by atoms with E-state index in [0.29, 0.717) is 17.9 Å². The number of benzene rings is 2. The number of aromatic nitrogens is 2. The molecule has 0 saturated carbocycles. The van der Waals surface area contributed by atoms with Gasteiger partial charge in [0.15, 0.2) is 0 Å². The smallest absolute Gasteiger partial charge is 0.312 e. The number of likely N-dealkylation sites (tertiary alicyclic amines) is 1. The van der Waals surface area contributed by atoms with Crippen LogP contribution in [0.5, 0.6) is 0 Å². The molecule has 8 heteroatoms. The maximum absolute atomic E-state index is 12.5. The van der Waals surface area contributed by atoms with E-state index in [1.54, 1.807) is 13.8 Å². The highest BCUT2D eigenvalue weighted by Crippen LogP contribution is 2.25. The van der Waals surface area contributed by atoms with Crippen molar-refractivity contribution in [2.24, 2.45) is 0 Å². The molecule has 1 aliphatic rings. The van der Waals surface area contributed by atoms with E-state index in [0.717, 1.165) is 23.2 Å². The first-order chi connectivity index (χ1) is 15.9. The Bertz CT molecular complexity index is 1150. The highest BCUT2D eigenvalue weighted by atomic mass is 16.6. The van der Waals surface area contributed by atoms with Gasteiger partial charge in [0.1, 0.15) is 17.9 Å². The molecule has 1 fully saturated rings. The number of carbonyl (C=O) groups is 1. The van der Waals surface area contributed by atoms with E-state index in [-0.39, 0.29) is 18.1 Å². The Hall–Kier alpha value is -3.52. The summed E-state index contributed by atoms with van der Waals surface area (Å²) in [7, 11) is 0. The van der Waals surface area contributed by atoms with E-state index in [1.807, 2.05) is 18.2 Å². The van der Waals surface area contributed by atoms with Gasteiger partial charge in [-0.05, 0) is 62.0 Å². The number of nitrogens with zero attached hydrogens (tertiary/aromatic N) is 4. The molecule has 8 nitrogen and oxygen atoms in total. The molecule has 2 heterocycles. The first-order valence-electron chi connectivity index (χ1n) is 11.3. The summed E-state index contributed by atoms with van der Waals surface area (Å²) in [5, 5.41) is 18.3. The van der Waals surface area contributed by atoms with Crippen LogP contribution in [0, 0.1) is 24.0 Å². The van der Waals surface area contributed by atoms with Crippen LogP contribution in [0.25, 0.3) is 11.1 Å². The minimum Gasteiger partial charge on any atom is -0.350 e. The fourth-order valence-electron chi connectivity index (χ4n) is 4.44. The molecule has 0 atom stereocenters. The third kappa shape index (κ3) is 5.28. The number of rotatable bonds is 8. The van der Waals surface area contributed by atoms with Crippen LogP contribution in [0.15, 0.2) is 48.5 Å². The number of nitro groups is 1. The van der Waals surface area contributed by atoms with Gasteiger partial charge in [-0.2, -0.15) is 5.10 Å². The fourth-order valence-corrected chi connectivity index (χ4v) is 4.44. The van der Waals surface area contributed by atoms with Gasteiger partial charge in [0.25, 0.3) is 0 Å². The molecule has 0 bridgehead atoms. The quantitative estimate of drug-likeness (QED) is 0.416. The van der Waals surface area contributed by atoms with Gasteiger partial charge in [-0.25, -0.2) is 0 Å². The molecule has 0 spiro atoms. The highest BCUT2D eigenvalue weighted by molar-refractivity contribution is 5.76. The molecule has 1 saturated heterocycles. The van der Waals surface area contributed by atoms with Gasteiger partial charge in [-0.1, -0.05) is 48.5 Å². The molecule has 1 N–H and O–H groups in total. The lowest BCUT2D eigenvalue weighted by molar-refractivity contribution is -0.386. The molecule has 172 valence electrons. The van der Waals surface area contributed by atoms with Crippen LogP contribution in [0.1, 0.15) is 35.4 Å². The number of carbonyl (C=O) groups excluding carboxylic acids is 1. The second kappa shape index (κ2) is 9.95. The summed E-state index contributed by atoms with van der Waals surface area (Å²) in [6.07, 6.45) is 2.57. The molecule has 2 aromatic carbocycles. The molecular weight excluding hydrogens is 418 g/mol. The minimum atomic E-state index is -0.460. The summed E-state index contributed by atoms with van der Waals surface area (Å²) in [6, 6.07) is 16.6. The molecule has 0 unspecified atom stereocenters. The summed E-state index contributed by atoms with van der Waals surface area (Å²) in [4.78, 5) is 25.7. The molecule has 1 aliphatic heterocycles. The number of hydrogen-bond donors (Lipinski definition) is 1. The van der Waals surface area contributed by atoms with E-state index in [9.17, 15) is 14.9 Å². The van der Waals surface area contributed by atoms with Crippen molar-refractivity contribution in [3.8, 4) is 11.1 Å². The zero-order chi connectivity index (χ0) is 23.4. The van der Waals surface area contributed by atoms with Crippen LogP contribution in [-0.4, -0.2) is 38.6 Å². The second-order valence-electron chi connectivity index (χ2n) is 8.55. The van der Waals surface area contributed by atoms with Crippen molar-refractivity contribution in [1.29, 1.82) is 0 Å². The van der Waals surface area contributed by atoms with Gasteiger partial charge in [0, 0.05) is 13.1 Å². The first-order valence-corrected chi connectivity index (χ1v) is 11.3. The van der Waals surface area contributed by atoms with Crippen molar-refractivity contribution in [3.63, 3.8) is 0 Å². The molecule has 1 amide bonds. The number of amides is 1. The Morgan fingerprint density at radius 1 is 1.09 bits per heavy atom. The Kier molecular flexibility index (Phi) is 6.84. The first kappa shape index (κ1) is 22.7. The second-order valence-corrected chi connectivity index (χ2v) is 8.55. The standard InChI is InChI=1S/C25H29N5O3/c1-18-25(30(32)33)19(2)29(27-18)17-24(31)26-15-22-7-3-4-8-23(22)21-11-9-20(10-12-21)16-28-13-5-6-14-28/h3-4,7-12H,5-6,13-17H2,1-2H3,(H,26,31). The normalized spacial score (nSPS) is 13.9. The molecular formula is C25H29N5O3. The van der Waals surface area contributed by atoms with Crippen LogP contribution in [0.4, 0.5) is 5.69 Å². The highest BCUT2D eigenvalue weighted by Gasteiger charge is 2.22. The Morgan fingerprint density at radius 3 is 2.45 bits per heavy atom. The molecule has 0 aliphatic carbocycles. The van der Waals surface area contributed by atoms with E-state index < -0.39 is 4.92 Å². The topological polar surface area (TPSA) is 93.3 Å². The zero-order valence-electron chi connectivity index (χ0n) is 19.1. The van der Waals surface area contributed by atoms with Crippen LogP contribution in [0.3, 0.4) is 0 Å². The fraction of sp³-hybridized carbons (Fsp3) is 0.360. The average Bonchev–Trinajstić information content (AvgIpc) is 3.40. The van der Waals surface area contributed by atoms with E-state index in [4.69, 9.17) is 0 Å². The lowest BCUT2D eigenvalue weighted by Gasteiger charge is -2.15. The van der Waals surface area contributed by atoms with Gasteiger partial charge in [-0.3, -0.25) is 24.5 Å². The van der Waals surface area contributed by atoms with Crippen molar-refractivity contribution < 1.29 is 9.72 Å². The van der Waals surface area contributed by atoms with E-state index in [1.165, 1.54) is 36.2 Å². The third-order valence-electron chi connectivity index (χ3n) is 6.18. The summed E-state index contributed by atoms with van der Waals surface area (Å²) < 4.78 is 1.38. The molecule has 33 heavy (non-hydrogen) atoms. The van der Waals surface area contributed by atoms with E-state index >= 15 is 0 Å². The zero-order valence-corrected chi connectivity index (χ0v) is 19.1. The van der Waals surface area contributed by atoms with Gasteiger partial charge in [-0.15, -0.1) is 0 Å². The van der Waals surface area contributed by atoms with Crippen molar-refractivity contribution in [3.05, 3.63) is 81.2 Å².